The van der Waals surface area contributed by atoms with Crippen molar-refractivity contribution in [3.63, 3.8) is 0 Å². The Morgan fingerprint density at radius 3 is 2.65 bits per heavy atom. The van der Waals surface area contributed by atoms with Gasteiger partial charge in [0.1, 0.15) is 0 Å². The van der Waals surface area contributed by atoms with Crippen LogP contribution in [0.5, 0.6) is 0 Å². The zero-order valence-electron chi connectivity index (χ0n) is 11.2. The maximum Gasteiger partial charge on any atom is -0.00364 e. The Labute approximate surface area is 105 Å². The van der Waals surface area contributed by atoms with Crippen LogP contribution in [0.3, 0.4) is 0 Å². The lowest BCUT2D eigenvalue weighted by Crippen LogP contribution is -2.07. The van der Waals surface area contributed by atoms with Crippen molar-refractivity contribution in [1.82, 2.24) is 0 Å². The van der Waals surface area contributed by atoms with Gasteiger partial charge in [0.15, 0.2) is 0 Å². The van der Waals surface area contributed by atoms with Gasteiger partial charge in [-0.15, -0.1) is 0 Å². The SMILES string of the molecule is C=C(C)/C=C/c1cccc(C(C)C)c1CCN. The predicted molar refractivity (Wildman–Crippen MR) is 77.1 cm³/mol. The van der Waals surface area contributed by atoms with Gasteiger partial charge in [0.05, 0.1) is 0 Å². The second-order valence-corrected chi connectivity index (χ2v) is 4.79. The molecule has 0 radical (unpaired) electrons. The van der Waals surface area contributed by atoms with Crippen molar-refractivity contribution in [2.24, 2.45) is 5.73 Å². The Hall–Kier alpha value is -1.34. The number of hydrogen-bond donors (Lipinski definition) is 1. The predicted octanol–water partition coefficient (Wildman–Crippen LogP) is 3.90. The summed E-state index contributed by atoms with van der Waals surface area (Å²) in [5, 5.41) is 0. The zero-order valence-corrected chi connectivity index (χ0v) is 11.2. The molecule has 0 unspecified atom stereocenters. The molecule has 92 valence electrons. The summed E-state index contributed by atoms with van der Waals surface area (Å²) < 4.78 is 0. The molecule has 2 N–H and O–H groups in total. The third-order valence-electron chi connectivity index (χ3n) is 2.81. The van der Waals surface area contributed by atoms with Crippen LogP contribution in [0.2, 0.25) is 0 Å². The van der Waals surface area contributed by atoms with E-state index in [1.807, 2.05) is 6.92 Å². The van der Waals surface area contributed by atoms with Crippen molar-refractivity contribution in [2.75, 3.05) is 6.54 Å². The highest BCUT2D eigenvalue weighted by atomic mass is 14.5. The van der Waals surface area contributed by atoms with Gasteiger partial charge in [-0.1, -0.05) is 56.4 Å². The molecule has 17 heavy (non-hydrogen) atoms. The molecule has 0 aliphatic rings. The van der Waals surface area contributed by atoms with Gasteiger partial charge in [0.25, 0.3) is 0 Å². The van der Waals surface area contributed by atoms with Crippen LogP contribution in [0.1, 0.15) is 43.4 Å². The smallest absolute Gasteiger partial charge is 0.00364 e. The van der Waals surface area contributed by atoms with Crippen molar-refractivity contribution in [2.45, 2.75) is 33.1 Å². The topological polar surface area (TPSA) is 26.0 Å². The van der Waals surface area contributed by atoms with Gasteiger partial charge in [-0.3, -0.25) is 0 Å². The largest absolute Gasteiger partial charge is 0.330 e. The normalized spacial score (nSPS) is 11.4. The molecule has 1 nitrogen and oxygen atoms in total. The highest BCUT2D eigenvalue weighted by Crippen LogP contribution is 2.24. The first-order valence-electron chi connectivity index (χ1n) is 6.21. The van der Waals surface area contributed by atoms with Crippen molar-refractivity contribution in [1.29, 1.82) is 0 Å². The van der Waals surface area contributed by atoms with Crippen LogP contribution >= 0.6 is 0 Å². The molecule has 0 heterocycles. The molecule has 0 amide bonds. The second-order valence-electron chi connectivity index (χ2n) is 4.79. The third-order valence-corrected chi connectivity index (χ3v) is 2.81. The summed E-state index contributed by atoms with van der Waals surface area (Å²) in [5.41, 5.74) is 10.8. The minimum absolute atomic E-state index is 0.537. The summed E-state index contributed by atoms with van der Waals surface area (Å²) in [6.45, 7) is 11.0. The lowest BCUT2D eigenvalue weighted by atomic mass is 9.91. The standard InChI is InChI=1S/C16H23N/c1-12(2)8-9-14-6-5-7-15(13(3)4)16(14)10-11-17/h5-9,13H,1,10-11,17H2,2-4H3/b9-8+. The van der Waals surface area contributed by atoms with Gasteiger partial charge in [0.2, 0.25) is 0 Å². The fourth-order valence-corrected chi connectivity index (χ4v) is 1.99. The van der Waals surface area contributed by atoms with Crippen LogP contribution in [0.25, 0.3) is 6.08 Å². The van der Waals surface area contributed by atoms with Gasteiger partial charge in [-0.2, -0.15) is 0 Å². The van der Waals surface area contributed by atoms with Crippen LogP contribution in [0, 0.1) is 0 Å². The minimum Gasteiger partial charge on any atom is -0.330 e. The van der Waals surface area contributed by atoms with E-state index >= 15 is 0 Å². The van der Waals surface area contributed by atoms with Crippen molar-refractivity contribution >= 4 is 6.08 Å². The van der Waals surface area contributed by atoms with Crippen LogP contribution in [-0.2, 0) is 6.42 Å². The summed E-state index contributed by atoms with van der Waals surface area (Å²) in [6.07, 6.45) is 5.13. The highest BCUT2D eigenvalue weighted by molar-refractivity contribution is 5.58. The van der Waals surface area contributed by atoms with E-state index in [0.717, 1.165) is 12.0 Å². The average molecular weight is 229 g/mol. The summed E-state index contributed by atoms with van der Waals surface area (Å²) in [7, 11) is 0. The molecule has 0 aromatic heterocycles. The lowest BCUT2D eigenvalue weighted by Gasteiger charge is -2.15. The fourth-order valence-electron chi connectivity index (χ4n) is 1.99. The molecule has 1 heteroatoms. The summed E-state index contributed by atoms with van der Waals surface area (Å²) in [4.78, 5) is 0. The van der Waals surface area contributed by atoms with E-state index in [4.69, 9.17) is 5.73 Å². The number of allylic oxidation sites excluding steroid dienone is 2. The molecule has 0 spiro atoms. The molecule has 0 saturated carbocycles. The first-order valence-corrected chi connectivity index (χ1v) is 6.21. The molecule has 1 aromatic carbocycles. The van der Waals surface area contributed by atoms with Crippen molar-refractivity contribution in [3.05, 3.63) is 53.1 Å². The Morgan fingerprint density at radius 1 is 1.41 bits per heavy atom. The van der Waals surface area contributed by atoms with E-state index in [1.54, 1.807) is 0 Å². The summed E-state index contributed by atoms with van der Waals surface area (Å²) in [6, 6.07) is 6.47. The van der Waals surface area contributed by atoms with Crippen molar-refractivity contribution < 1.29 is 0 Å². The van der Waals surface area contributed by atoms with Gasteiger partial charge >= 0.3 is 0 Å². The molecular formula is C16H23N. The number of hydrogen-bond acceptors (Lipinski definition) is 1. The fraction of sp³-hybridized carbons (Fsp3) is 0.375. The van der Waals surface area contributed by atoms with Crippen molar-refractivity contribution in [3.8, 4) is 0 Å². The molecule has 0 fully saturated rings. The average Bonchev–Trinajstić information content (AvgIpc) is 2.27. The van der Waals surface area contributed by atoms with Gasteiger partial charge < -0.3 is 5.73 Å². The van der Waals surface area contributed by atoms with E-state index in [-0.39, 0.29) is 0 Å². The molecule has 0 atom stereocenters. The van der Waals surface area contributed by atoms with Crippen LogP contribution in [0.15, 0.2) is 36.4 Å². The first kappa shape index (κ1) is 13.7. The zero-order chi connectivity index (χ0) is 12.8. The third kappa shape index (κ3) is 3.86. The molecule has 0 aliphatic heterocycles. The van der Waals surface area contributed by atoms with E-state index in [2.05, 4.69) is 50.8 Å². The molecule has 1 rings (SSSR count). The molecule has 0 bridgehead atoms. The number of nitrogens with two attached hydrogens (primary N) is 1. The first-order chi connectivity index (χ1) is 8.06. The Bertz CT molecular complexity index is 414. The molecule has 0 saturated heterocycles. The summed E-state index contributed by atoms with van der Waals surface area (Å²) >= 11 is 0. The van der Waals surface area contributed by atoms with E-state index in [9.17, 15) is 0 Å². The number of rotatable bonds is 5. The second kappa shape index (κ2) is 6.41. The maximum absolute atomic E-state index is 5.71. The maximum atomic E-state index is 5.71. The summed E-state index contributed by atoms with van der Waals surface area (Å²) in [5.74, 6) is 0.537. The van der Waals surface area contributed by atoms with Crippen LogP contribution in [0.4, 0.5) is 0 Å². The van der Waals surface area contributed by atoms with E-state index < -0.39 is 0 Å². The van der Waals surface area contributed by atoms with Crippen LogP contribution in [-0.4, -0.2) is 6.54 Å². The van der Waals surface area contributed by atoms with Gasteiger partial charge in [0, 0.05) is 0 Å². The number of benzene rings is 1. The van der Waals surface area contributed by atoms with Gasteiger partial charge in [-0.05, 0) is 42.5 Å². The Balaban J connectivity index is 3.19. The lowest BCUT2D eigenvalue weighted by molar-refractivity contribution is 0.830. The highest BCUT2D eigenvalue weighted by Gasteiger charge is 2.08. The Kier molecular flexibility index (Phi) is 5.17. The molecular weight excluding hydrogens is 206 g/mol. The van der Waals surface area contributed by atoms with E-state index in [0.29, 0.717) is 12.5 Å². The Morgan fingerprint density at radius 2 is 2.12 bits per heavy atom. The monoisotopic (exact) mass is 229 g/mol. The minimum atomic E-state index is 0.537. The van der Waals surface area contributed by atoms with Crippen LogP contribution < -0.4 is 5.73 Å². The quantitative estimate of drug-likeness (QED) is 0.761. The van der Waals surface area contributed by atoms with Gasteiger partial charge in [-0.25, -0.2) is 0 Å². The molecule has 0 aliphatic carbocycles. The van der Waals surface area contributed by atoms with E-state index in [1.165, 1.54) is 16.7 Å². The molecule has 1 aromatic rings.